The topological polar surface area (TPSA) is 35.2 Å². The molecule has 5 heteroatoms. The number of hydrogen-bond acceptors (Lipinski definition) is 2. The molecule has 2 aromatic carbocycles. The van der Waals surface area contributed by atoms with Gasteiger partial charge in [0.05, 0.1) is 0 Å². The minimum absolute atomic E-state index is 0.0312. The highest BCUT2D eigenvalue weighted by Gasteiger charge is 2.11. The summed E-state index contributed by atoms with van der Waals surface area (Å²) in [5.74, 6) is -1.84. The number of anilines is 1. The lowest BCUT2D eigenvalue weighted by molar-refractivity contribution is 0.273. The normalized spacial score (nSPS) is 10.4. The quantitative estimate of drug-likeness (QED) is 0.873. The van der Waals surface area contributed by atoms with E-state index in [1.165, 1.54) is 6.07 Å². The fourth-order valence-electron chi connectivity index (χ4n) is 1.48. The Kier molecular flexibility index (Phi) is 3.81. The zero-order valence-electron chi connectivity index (χ0n) is 9.29. The molecule has 0 saturated carbocycles. The second-order valence-corrected chi connectivity index (χ2v) is 4.45. The van der Waals surface area contributed by atoms with Crippen molar-refractivity contribution in [2.45, 2.75) is 6.61 Å². The maximum Gasteiger partial charge on any atom is 0.191 e. The summed E-state index contributed by atoms with van der Waals surface area (Å²) in [6.07, 6.45) is 0. The van der Waals surface area contributed by atoms with Crippen molar-refractivity contribution in [1.82, 2.24) is 0 Å². The molecule has 0 amide bonds. The average Bonchev–Trinajstić information content (AvgIpc) is 2.33. The molecule has 2 nitrogen and oxygen atoms in total. The first-order valence-corrected chi connectivity index (χ1v) is 5.98. The highest BCUT2D eigenvalue weighted by atomic mass is 79.9. The van der Waals surface area contributed by atoms with E-state index in [1.54, 1.807) is 18.2 Å². The van der Waals surface area contributed by atoms with E-state index >= 15 is 0 Å². The Morgan fingerprint density at radius 2 is 1.67 bits per heavy atom. The number of halogens is 3. The third-order valence-electron chi connectivity index (χ3n) is 2.40. The molecule has 0 spiro atoms. The van der Waals surface area contributed by atoms with Crippen LogP contribution < -0.4 is 10.5 Å². The van der Waals surface area contributed by atoms with Crippen LogP contribution in [0.1, 0.15) is 5.56 Å². The van der Waals surface area contributed by atoms with Crippen molar-refractivity contribution in [3.63, 3.8) is 0 Å². The predicted molar refractivity (Wildman–Crippen MR) is 69.2 cm³/mol. The van der Waals surface area contributed by atoms with Crippen LogP contribution in [0.15, 0.2) is 40.9 Å². The van der Waals surface area contributed by atoms with Gasteiger partial charge in [0.1, 0.15) is 6.61 Å². The van der Waals surface area contributed by atoms with Gasteiger partial charge in [-0.3, -0.25) is 0 Å². The Morgan fingerprint density at radius 3 is 2.33 bits per heavy atom. The van der Waals surface area contributed by atoms with Gasteiger partial charge >= 0.3 is 0 Å². The number of nitrogens with two attached hydrogens (primary N) is 1. The van der Waals surface area contributed by atoms with Gasteiger partial charge in [0.15, 0.2) is 17.4 Å². The summed E-state index contributed by atoms with van der Waals surface area (Å²) in [6.45, 7) is 0.0312. The van der Waals surface area contributed by atoms with Crippen molar-refractivity contribution in [2.75, 3.05) is 5.73 Å². The maximum atomic E-state index is 13.3. The molecule has 0 saturated heterocycles. The monoisotopic (exact) mass is 313 g/mol. The molecule has 0 radical (unpaired) electrons. The zero-order valence-corrected chi connectivity index (χ0v) is 10.9. The van der Waals surface area contributed by atoms with Crippen LogP contribution in [0.25, 0.3) is 0 Å². The summed E-state index contributed by atoms with van der Waals surface area (Å²) in [7, 11) is 0. The van der Waals surface area contributed by atoms with Crippen LogP contribution in [0.5, 0.6) is 5.75 Å². The third-order valence-corrected chi connectivity index (χ3v) is 3.37. The highest BCUT2D eigenvalue weighted by Crippen LogP contribution is 2.27. The minimum atomic E-state index is -0.727. The molecule has 0 aromatic heterocycles. The van der Waals surface area contributed by atoms with Crippen molar-refractivity contribution >= 4 is 21.6 Å². The second kappa shape index (κ2) is 5.35. The molecule has 0 aliphatic carbocycles. The number of nitrogen functional groups attached to an aromatic ring is 1. The van der Waals surface area contributed by atoms with E-state index in [1.807, 2.05) is 0 Å². The number of para-hydroxylation sites is 1. The van der Waals surface area contributed by atoms with Crippen LogP contribution in [0, 0.1) is 11.6 Å². The van der Waals surface area contributed by atoms with Crippen molar-refractivity contribution in [2.24, 2.45) is 0 Å². The molecular weight excluding hydrogens is 304 g/mol. The Labute approximate surface area is 112 Å². The van der Waals surface area contributed by atoms with Crippen molar-refractivity contribution in [3.05, 3.63) is 58.1 Å². The van der Waals surface area contributed by atoms with Crippen LogP contribution >= 0.6 is 15.9 Å². The number of hydrogen-bond donors (Lipinski definition) is 1. The molecule has 2 rings (SSSR count). The molecule has 0 unspecified atom stereocenters. The van der Waals surface area contributed by atoms with Gasteiger partial charge in [0.2, 0.25) is 0 Å². The van der Waals surface area contributed by atoms with E-state index in [9.17, 15) is 8.78 Å². The van der Waals surface area contributed by atoms with E-state index in [2.05, 4.69) is 15.9 Å². The van der Waals surface area contributed by atoms with Gasteiger partial charge in [-0.1, -0.05) is 18.2 Å². The summed E-state index contributed by atoms with van der Waals surface area (Å²) in [6, 6.07) is 8.81. The summed E-state index contributed by atoms with van der Waals surface area (Å²) in [5, 5.41) is 0. The van der Waals surface area contributed by atoms with E-state index in [0.717, 1.165) is 17.7 Å². The Balaban J connectivity index is 2.19. The van der Waals surface area contributed by atoms with Crippen LogP contribution in [0.3, 0.4) is 0 Å². The minimum Gasteiger partial charge on any atom is -0.483 e. The molecule has 2 aromatic rings. The first kappa shape index (κ1) is 12.8. The fourth-order valence-corrected chi connectivity index (χ4v) is 1.86. The van der Waals surface area contributed by atoms with Gasteiger partial charge in [-0.25, -0.2) is 8.78 Å². The number of ether oxygens (including phenoxy) is 1. The van der Waals surface area contributed by atoms with Gasteiger partial charge in [-0.05, 0) is 34.1 Å². The molecule has 18 heavy (non-hydrogen) atoms. The number of benzene rings is 2. The summed E-state index contributed by atoms with van der Waals surface area (Å²) in [5.41, 5.74) is 6.97. The van der Waals surface area contributed by atoms with Crippen molar-refractivity contribution in [3.8, 4) is 5.75 Å². The van der Waals surface area contributed by atoms with Gasteiger partial charge in [-0.2, -0.15) is 0 Å². The van der Waals surface area contributed by atoms with Crippen LogP contribution in [-0.4, -0.2) is 0 Å². The Hall–Kier alpha value is -1.62. The van der Waals surface area contributed by atoms with Gasteiger partial charge < -0.3 is 10.5 Å². The van der Waals surface area contributed by atoms with Gasteiger partial charge in [0.25, 0.3) is 0 Å². The van der Waals surface area contributed by atoms with Crippen molar-refractivity contribution < 1.29 is 13.5 Å². The molecule has 0 aliphatic heterocycles. The van der Waals surface area contributed by atoms with Crippen LogP contribution in [0.4, 0.5) is 14.5 Å². The standard InChI is InChI=1S/C13H10BrF2NO/c14-12-8(3-1-6-11(12)17)7-18-13-9(15)4-2-5-10(13)16/h1-6H,7,17H2. The smallest absolute Gasteiger partial charge is 0.191 e. The maximum absolute atomic E-state index is 13.3. The molecule has 0 atom stereocenters. The lowest BCUT2D eigenvalue weighted by atomic mass is 10.2. The van der Waals surface area contributed by atoms with Crippen LogP contribution in [0.2, 0.25) is 0 Å². The van der Waals surface area contributed by atoms with Crippen LogP contribution in [-0.2, 0) is 6.61 Å². The molecular formula is C13H10BrF2NO. The number of rotatable bonds is 3. The summed E-state index contributed by atoms with van der Waals surface area (Å²) in [4.78, 5) is 0. The molecule has 94 valence electrons. The Bertz CT molecular complexity index is 555. The van der Waals surface area contributed by atoms with Gasteiger partial charge in [-0.15, -0.1) is 0 Å². The van der Waals surface area contributed by atoms with E-state index in [-0.39, 0.29) is 12.4 Å². The molecule has 0 aliphatic rings. The first-order valence-electron chi connectivity index (χ1n) is 5.19. The first-order chi connectivity index (χ1) is 8.59. The molecule has 2 N–H and O–H groups in total. The lowest BCUT2D eigenvalue weighted by Crippen LogP contribution is -2.01. The lowest BCUT2D eigenvalue weighted by Gasteiger charge is -2.10. The molecule has 0 bridgehead atoms. The third kappa shape index (κ3) is 2.61. The van der Waals surface area contributed by atoms with Crippen molar-refractivity contribution in [1.29, 1.82) is 0 Å². The molecule has 0 fully saturated rings. The zero-order chi connectivity index (χ0) is 13.1. The van der Waals surface area contributed by atoms with Gasteiger partial charge in [0, 0.05) is 15.7 Å². The summed E-state index contributed by atoms with van der Waals surface area (Å²) < 4.78 is 32.5. The molecule has 0 heterocycles. The van der Waals surface area contributed by atoms with E-state index < -0.39 is 11.6 Å². The summed E-state index contributed by atoms with van der Waals surface area (Å²) >= 11 is 3.30. The second-order valence-electron chi connectivity index (χ2n) is 3.66. The van der Waals surface area contributed by atoms with E-state index in [4.69, 9.17) is 10.5 Å². The Morgan fingerprint density at radius 1 is 1.06 bits per heavy atom. The SMILES string of the molecule is Nc1cccc(COc2c(F)cccc2F)c1Br. The fraction of sp³-hybridized carbons (Fsp3) is 0.0769. The highest BCUT2D eigenvalue weighted by molar-refractivity contribution is 9.10. The van der Waals surface area contributed by atoms with E-state index in [0.29, 0.717) is 10.2 Å². The largest absolute Gasteiger partial charge is 0.483 e. The average molecular weight is 314 g/mol. The predicted octanol–water partition coefficient (Wildman–Crippen LogP) is 3.89.